The molecule has 0 saturated carbocycles. The van der Waals surface area contributed by atoms with Gasteiger partial charge in [-0.15, -0.1) is 11.8 Å². The molecule has 4 heteroatoms. The molecule has 1 N–H and O–H groups in total. The number of aromatic nitrogens is 2. The van der Waals surface area contributed by atoms with Crippen molar-refractivity contribution in [1.82, 2.24) is 9.97 Å². The zero-order valence-electron chi connectivity index (χ0n) is 7.00. The highest BCUT2D eigenvalue weighted by Gasteiger charge is 2.13. The van der Waals surface area contributed by atoms with E-state index in [2.05, 4.69) is 21.5 Å². The molecule has 0 spiro atoms. The Kier molecular flexibility index (Phi) is 2.17. The van der Waals surface area contributed by atoms with Crippen LogP contribution in [0.2, 0.25) is 0 Å². The van der Waals surface area contributed by atoms with Crippen LogP contribution in [0.15, 0.2) is 11.4 Å². The maximum Gasteiger partial charge on any atom is 0.133 e. The van der Waals surface area contributed by atoms with Crippen molar-refractivity contribution in [1.29, 1.82) is 0 Å². The molecule has 3 nitrogen and oxygen atoms in total. The van der Waals surface area contributed by atoms with Crippen molar-refractivity contribution in [3.63, 3.8) is 0 Å². The molecule has 0 atom stereocenters. The first-order valence-electron chi connectivity index (χ1n) is 4.03. The molecular weight excluding hydrogens is 170 g/mol. The van der Waals surface area contributed by atoms with Gasteiger partial charge in [0, 0.05) is 12.1 Å². The van der Waals surface area contributed by atoms with Gasteiger partial charge in [-0.05, 0) is 19.1 Å². The summed E-state index contributed by atoms with van der Waals surface area (Å²) >= 11 is 1.69. The van der Waals surface area contributed by atoms with Crippen LogP contribution in [-0.4, -0.2) is 22.8 Å². The van der Waals surface area contributed by atoms with Crippen LogP contribution in [0.3, 0.4) is 0 Å². The largest absolute Gasteiger partial charge is 0.370 e. The molecule has 0 saturated heterocycles. The lowest BCUT2D eigenvalue weighted by molar-refractivity contribution is 0.780. The molecule has 1 aliphatic heterocycles. The van der Waals surface area contributed by atoms with E-state index < -0.39 is 0 Å². The van der Waals surface area contributed by atoms with Crippen LogP contribution in [0.4, 0.5) is 5.82 Å². The molecule has 1 aromatic heterocycles. The molecule has 12 heavy (non-hydrogen) atoms. The SMILES string of the molecule is CSc1ncnc2c1CCCN2. The molecule has 0 bridgehead atoms. The van der Waals surface area contributed by atoms with Gasteiger partial charge in [-0.3, -0.25) is 0 Å². The first kappa shape index (κ1) is 7.86. The van der Waals surface area contributed by atoms with Crippen LogP contribution < -0.4 is 5.32 Å². The highest BCUT2D eigenvalue weighted by atomic mass is 32.2. The third kappa shape index (κ3) is 1.27. The first-order chi connectivity index (χ1) is 5.92. The first-order valence-corrected chi connectivity index (χ1v) is 5.26. The smallest absolute Gasteiger partial charge is 0.133 e. The Morgan fingerprint density at radius 2 is 2.42 bits per heavy atom. The van der Waals surface area contributed by atoms with E-state index in [1.54, 1.807) is 18.1 Å². The van der Waals surface area contributed by atoms with Gasteiger partial charge >= 0.3 is 0 Å². The number of nitrogens with zero attached hydrogens (tertiary/aromatic N) is 2. The van der Waals surface area contributed by atoms with Gasteiger partial charge in [-0.2, -0.15) is 0 Å². The average molecular weight is 181 g/mol. The molecule has 0 radical (unpaired) electrons. The van der Waals surface area contributed by atoms with Crippen molar-refractivity contribution in [2.75, 3.05) is 18.1 Å². The molecule has 0 fully saturated rings. The van der Waals surface area contributed by atoms with Gasteiger partial charge in [0.15, 0.2) is 0 Å². The van der Waals surface area contributed by atoms with Gasteiger partial charge in [0.1, 0.15) is 17.2 Å². The zero-order valence-corrected chi connectivity index (χ0v) is 7.82. The second-order valence-corrected chi connectivity index (χ2v) is 3.54. The number of hydrogen-bond donors (Lipinski definition) is 1. The Hall–Kier alpha value is -0.770. The zero-order chi connectivity index (χ0) is 8.39. The predicted octanol–water partition coefficient (Wildman–Crippen LogP) is 1.56. The van der Waals surface area contributed by atoms with Crippen LogP contribution in [0.1, 0.15) is 12.0 Å². The molecule has 0 unspecified atom stereocenters. The fourth-order valence-corrected chi connectivity index (χ4v) is 2.02. The Bertz CT molecular complexity index is 273. The van der Waals surface area contributed by atoms with Crippen LogP contribution in [0, 0.1) is 0 Å². The number of anilines is 1. The van der Waals surface area contributed by atoms with Gasteiger partial charge in [-0.1, -0.05) is 0 Å². The summed E-state index contributed by atoms with van der Waals surface area (Å²) in [5, 5.41) is 4.39. The number of nitrogens with one attached hydrogen (secondary N) is 1. The fraction of sp³-hybridized carbons (Fsp3) is 0.500. The van der Waals surface area contributed by atoms with Crippen molar-refractivity contribution in [3.8, 4) is 0 Å². The number of rotatable bonds is 1. The van der Waals surface area contributed by atoms with Crippen molar-refractivity contribution in [2.24, 2.45) is 0 Å². The second kappa shape index (κ2) is 3.31. The van der Waals surface area contributed by atoms with Crippen molar-refractivity contribution in [3.05, 3.63) is 11.9 Å². The minimum atomic E-state index is 1.03. The Morgan fingerprint density at radius 1 is 1.50 bits per heavy atom. The molecule has 1 aliphatic rings. The molecule has 2 rings (SSSR count). The fourth-order valence-electron chi connectivity index (χ4n) is 1.42. The third-order valence-electron chi connectivity index (χ3n) is 2.00. The van der Waals surface area contributed by atoms with E-state index in [1.165, 1.54) is 12.0 Å². The highest BCUT2D eigenvalue weighted by molar-refractivity contribution is 7.98. The Labute approximate surface area is 76.0 Å². The number of hydrogen-bond acceptors (Lipinski definition) is 4. The van der Waals surface area contributed by atoms with Crippen LogP contribution in [0.5, 0.6) is 0 Å². The van der Waals surface area contributed by atoms with E-state index in [0.717, 1.165) is 23.8 Å². The second-order valence-electron chi connectivity index (χ2n) is 2.74. The summed E-state index contributed by atoms with van der Waals surface area (Å²) in [6.07, 6.45) is 5.98. The van der Waals surface area contributed by atoms with Crippen LogP contribution in [-0.2, 0) is 6.42 Å². The van der Waals surface area contributed by atoms with Crippen LogP contribution >= 0.6 is 11.8 Å². The molecular formula is C8H11N3S. The number of thioether (sulfide) groups is 1. The number of fused-ring (bicyclic) bond motifs is 1. The lowest BCUT2D eigenvalue weighted by Gasteiger charge is -2.17. The summed E-state index contributed by atoms with van der Waals surface area (Å²) in [6, 6.07) is 0. The molecule has 1 aromatic rings. The quantitative estimate of drug-likeness (QED) is 0.527. The van der Waals surface area contributed by atoms with Crippen LogP contribution in [0.25, 0.3) is 0 Å². The summed E-state index contributed by atoms with van der Waals surface area (Å²) in [5.74, 6) is 1.03. The standard InChI is InChI=1S/C8H11N3S/c1-12-8-6-3-2-4-9-7(6)10-5-11-8/h5H,2-4H2,1H3,(H,9,10,11). The molecule has 2 heterocycles. The molecule has 0 amide bonds. The molecule has 0 aromatic carbocycles. The summed E-state index contributed by atoms with van der Waals surface area (Å²) in [7, 11) is 0. The van der Waals surface area contributed by atoms with Gasteiger partial charge < -0.3 is 5.32 Å². The van der Waals surface area contributed by atoms with Crippen molar-refractivity contribution in [2.45, 2.75) is 17.9 Å². The summed E-state index contributed by atoms with van der Waals surface area (Å²) in [6.45, 7) is 1.04. The predicted molar refractivity (Wildman–Crippen MR) is 50.6 cm³/mol. The van der Waals surface area contributed by atoms with Crippen molar-refractivity contribution < 1.29 is 0 Å². The van der Waals surface area contributed by atoms with Gasteiger partial charge in [-0.25, -0.2) is 9.97 Å². The lowest BCUT2D eigenvalue weighted by Crippen LogP contribution is -2.14. The molecule has 64 valence electrons. The average Bonchev–Trinajstić information content (AvgIpc) is 2.17. The van der Waals surface area contributed by atoms with E-state index in [9.17, 15) is 0 Å². The van der Waals surface area contributed by atoms with E-state index in [1.807, 2.05) is 0 Å². The maximum absolute atomic E-state index is 4.22. The van der Waals surface area contributed by atoms with Gasteiger partial charge in [0.25, 0.3) is 0 Å². The third-order valence-corrected chi connectivity index (χ3v) is 2.73. The summed E-state index contributed by atoms with van der Waals surface area (Å²) in [4.78, 5) is 8.41. The Balaban J connectivity index is 2.44. The monoisotopic (exact) mass is 181 g/mol. The maximum atomic E-state index is 4.22. The minimum absolute atomic E-state index is 1.03. The van der Waals surface area contributed by atoms with E-state index in [0.29, 0.717) is 0 Å². The van der Waals surface area contributed by atoms with Crippen molar-refractivity contribution >= 4 is 17.6 Å². The molecule has 0 aliphatic carbocycles. The summed E-state index contributed by atoms with van der Waals surface area (Å²) < 4.78 is 0. The highest BCUT2D eigenvalue weighted by Crippen LogP contribution is 2.26. The normalized spacial score (nSPS) is 15.1. The topological polar surface area (TPSA) is 37.8 Å². The van der Waals surface area contributed by atoms with E-state index in [-0.39, 0.29) is 0 Å². The lowest BCUT2D eigenvalue weighted by atomic mass is 10.1. The Morgan fingerprint density at radius 3 is 3.25 bits per heavy atom. The minimum Gasteiger partial charge on any atom is -0.370 e. The van der Waals surface area contributed by atoms with E-state index in [4.69, 9.17) is 0 Å². The van der Waals surface area contributed by atoms with E-state index >= 15 is 0 Å². The van der Waals surface area contributed by atoms with Gasteiger partial charge in [0.05, 0.1) is 0 Å². The van der Waals surface area contributed by atoms with Gasteiger partial charge in [0.2, 0.25) is 0 Å². The summed E-state index contributed by atoms with van der Waals surface area (Å²) in [5.41, 5.74) is 1.29.